The van der Waals surface area contributed by atoms with Gasteiger partial charge in [-0.05, 0) is 27.7 Å². The van der Waals surface area contributed by atoms with Crippen molar-refractivity contribution in [3.63, 3.8) is 0 Å². The second-order valence-electron chi connectivity index (χ2n) is 9.37. The molecule has 1 N–H and O–H groups in total. The molecule has 9 nitrogen and oxygen atoms in total. The highest BCUT2D eigenvalue weighted by molar-refractivity contribution is 5.74. The molecular weight excluding hydrogens is 456 g/mol. The minimum Gasteiger partial charge on any atom is -0.336 e. The van der Waals surface area contributed by atoms with Gasteiger partial charge in [0.2, 0.25) is 0 Å². The van der Waals surface area contributed by atoms with Crippen molar-refractivity contribution in [3.8, 4) is 22.6 Å². The molecule has 1 fully saturated rings. The number of amides is 2. The van der Waals surface area contributed by atoms with E-state index in [1.54, 1.807) is 12.1 Å². The van der Waals surface area contributed by atoms with Gasteiger partial charge >= 0.3 is 6.03 Å². The van der Waals surface area contributed by atoms with Gasteiger partial charge in [-0.25, -0.2) is 14.8 Å². The summed E-state index contributed by atoms with van der Waals surface area (Å²) in [4.78, 5) is 37.4. The number of aromatic nitrogens is 2. The number of nitrogens with one attached hydrogen (secondary N) is 1. The molecule has 0 saturated carbocycles. The Kier molecular flexibility index (Phi) is 7.59. The van der Waals surface area contributed by atoms with Gasteiger partial charge in [-0.3, -0.25) is 15.0 Å². The minimum atomic E-state index is -0.389. The number of carbonyl (C=O) groups excluding carboxylic acids is 1. The van der Waals surface area contributed by atoms with Crippen LogP contribution in [0.2, 0.25) is 0 Å². The molecule has 0 bridgehead atoms. The van der Waals surface area contributed by atoms with Gasteiger partial charge < -0.3 is 10.2 Å². The standard InChI is InChI=1S/C27H32N6O3/c1-18(2)28-27(34)32-15-13-31(14-16-32)20(4)24-19(3)29-26(21-9-6-5-7-10-21)30-25(24)22-11-8-12-23(17-22)33(35)36/h5-12,17-18,20H,13-16H2,1-4H3,(H,28,34). The topological polar surface area (TPSA) is 104 Å². The van der Waals surface area contributed by atoms with E-state index in [0.717, 1.165) is 16.8 Å². The normalized spacial score (nSPS) is 15.1. The van der Waals surface area contributed by atoms with Crippen molar-refractivity contribution >= 4 is 11.7 Å². The summed E-state index contributed by atoms with van der Waals surface area (Å²) in [7, 11) is 0. The van der Waals surface area contributed by atoms with Gasteiger partial charge in [0.05, 0.1) is 10.6 Å². The van der Waals surface area contributed by atoms with Gasteiger partial charge in [0.1, 0.15) is 0 Å². The highest BCUT2D eigenvalue weighted by Crippen LogP contribution is 2.35. The number of hydrogen-bond acceptors (Lipinski definition) is 6. The number of rotatable bonds is 6. The summed E-state index contributed by atoms with van der Waals surface area (Å²) < 4.78 is 0. The molecule has 1 aliphatic heterocycles. The largest absolute Gasteiger partial charge is 0.336 e. The van der Waals surface area contributed by atoms with Gasteiger partial charge in [0, 0.05) is 72.8 Å². The number of nitro benzene ring substituents is 1. The smallest absolute Gasteiger partial charge is 0.317 e. The van der Waals surface area contributed by atoms with Crippen molar-refractivity contribution in [1.29, 1.82) is 0 Å². The van der Waals surface area contributed by atoms with E-state index in [4.69, 9.17) is 9.97 Å². The second-order valence-corrected chi connectivity index (χ2v) is 9.37. The Bertz CT molecular complexity index is 1240. The summed E-state index contributed by atoms with van der Waals surface area (Å²) >= 11 is 0. The van der Waals surface area contributed by atoms with Gasteiger partial charge in [-0.1, -0.05) is 42.5 Å². The van der Waals surface area contributed by atoms with Crippen molar-refractivity contribution < 1.29 is 9.72 Å². The third-order valence-electron chi connectivity index (χ3n) is 6.48. The van der Waals surface area contributed by atoms with Crippen LogP contribution in [0.1, 0.15) is 38.1 Å². The maximum absolute atomic E-state index is 12.4. The Morgan fingerprint density at radius 3 is 2.28 bits per heavy atom. The van der Waals surface area contributed by atoms with E-state index in [2.05, 4.69) is 17.1 Å². The molecule has 0 radical (unpaired) electrons. The van der Waals surface area contributed by atoms with Crippen LogP contribution in [0.15, 0.2) is 54.6 Å². The third-order valence-corrected chi connectivity index (χ3v) is 6.48. The Morgan fingerprint density at radius 2 is 1.64 bits per heavy atom. The van der Waals surface area contributed by atoms with Crippen LogP contribution >= 0.6 is 0 Å². The van der Waals surface area contributed by atoms with Crippen molar-refractivity contribution in [2.75, 3.05) is 26.2 Å². The average molecular weight is 489 g/mol. The van der Waals surface area contributed by atoms with E-state index in [9.17, 15) is 14.9 Å². The number of nitro groups is 1. The molecule has 1 aromatic heterocycles. The number of piperazine rings is 1. The first-order valence-corrected chi connectivity index (χ1v) is 12.2. The van der Waals surface area contributed by atoms with E-state index in [-0.39, 0.29) is 28.7 Å². The summed E-state index contributed by atoms with van der Waals surface area (Å²) in [6.07, 6.45) is 0. The summed E-state index contributed by atoms with van der Waals surface area (Å²) in [5, 5.41) is 14.4. The fourth-order valence-corrected chi connectivity index (χ4v) is 4.62. The molecule has 1 aliphatic rings. The molecule has 2 heterocycles. The van der Waals surface area contributed by atoms with Crippen LogP contribution in [0, 0.1) is 17.0 Å². The van der Waals surface area contributed by atoms with Crippen LogP contribution in [0.4, 0.5) is 10.5 Å². The fraction of sp³-hybridized carbons (Fsp3) is 0.370. The van der Waals surface area contributed by atoms with E-state index in [1.807, 2.05) is 62.1 Å². The molecular formula is C27H32N6O3. The predicted octanol–water partition coefficient (Wildman–Crippen LogP) is 4.82. The van der Waals surface area contributed by atoms with Gasteiger partial charge in [0.25, 0.3) is 5.69 Å². The maximum atomic E-state index is 12.4. The van der Waals surface area contributed by atoms with Gasteiger partial charge in [-0.2, -0.15) is 0 Å². The Labute approximate surface area is 211 Å². The highest BCUT2D eigenvalue weighted by Gasteiger charge is 2.29. The van der Waals surface area contributed by atoms with Crippen LogP contribution < -0.4 is 5.32 Å². The molecule has 4 rings (SSSR count). The summed E-state index contributed by atoms with van der Waals surface area (Å²) in [5.41, 5.74) is 4.05. The van der Waals surface area contributed by atoms with E-state index in [1.165, 1.54) is 6.07 Å². The van der Waals surface area contributed by atoms with Crippen molar-refractivity contribution in [3.05, 3.63) is 76.0 Å². The first kappa shape index (κ1) is 25.2. The zero-order chi connectivity index (χ0) is 25.8. The monoisotopic (exact) mass is 488 g/mol. The molecule has 2 amide bonds. The number of nitrogens with zero attached hydrogens (tertiary/aromatic N) is 5. The number of benzene rings is 2. The molecule has 1 unspecified atom stereocenters. The lowest BCUT2D eigenvalue weighted by molar-refractivity contribution is -0.384. The van der Waals surface area contributed by atoms with Crippen LogP contribution in [-0.4, -0.2) is 62.9 Å². The van der Waals surface area contributed by atoms with Crippen molar-refractivity contribution in [2.45, 2.75) is 39.8 Å². The van der Waals surface area contributed by atoms with Crippen molar-refractivity contribution in [1.82, 2.24) is 25.1 Å². The molecule has 1 atom stereocenters. The molecule has 0 aliphatic carbocycles. The van der Waals surface area contributed by atoms with E-state index < -0.39 is 0 Å². The molecule has 0 spiro atoms. The molecule has 2 aromatic carbocycles. The molecule has 3 aromatic rings. The van der Waals surface area contributed by atoms with Crippen LogP contribution in [-0.2, 0) is 0 Å². The first-order valence-electron chi connectivity index (χ1n) is 12.2. The number of non-ortho nitro benzene ring substituents is 1. The molecule has 1 saturated heterocycles. The van der Waals surface area contributed by atoms with Crippen molar-refractivity contribution in [2.24, 2.45) is 0 Å². The van der Waals surface area contributed by atoms with Crippen LogP contribution in [0.3, 0.4) is 0 Å². The SMILES string of the molecule is Cc1nc(-c2ccccc2)nc(-c2cccc([N+](=O)[O-])c2)c1C(C)N1CCN(C(=O)NC(C)C)CC1. The lowest BCUT2D eigenvalue weighted by Gasteiger charge is -2.39. The zero-order valence-corrected chi connectivity index (χ0v) is 21.1. The fourth-order valence-electron chi connectivity index (χ4n) is 4.62. The summed E-state index contributed by atoms with van der Waals surface area (Å²) in [5.74, 6) is 0.584. The quantitative estimate of drug-likeness (QED) is 0.394. The van der Waals surface area contributed by atoms with Crippen LogP contribution in [0.25, 0.3) is 22.6 Å². The number of hydrogen-bond donors (Lipinski definition) is 1. The third kappa shape index (κ3) is 5.52. The minimum absolute atomic E-state index is 0.0217. The number of aryl methyl sites for hydroxylation is 1. The lowest BCUT2D eigenvalue weighted by atomic mass is 9.97. The second kappa shape index (κ2) is 10.8. The lowest BCUT2D eigenvalue weighted by Crippen LogP contribution is -2.53. The number of urea groups is 1. The summed E-state index contributed by atoms with van der Waals surface area (Å²) in [6, 6.07) is 16.3. The average Bonchev–Trinajstić information content (AvgIpc) is 2.88. The Hall–Kier alpha value is -3.85. The van der Waals surface area contributed by atoms with E-state index in [0.29, 0.717) is 43.3 Å². The Balaban J connectivity index is 1.70. The van der Waals surface area contributed by atoms with Gasteiger partial charge in [-0.15, -0.1) is 0 Å². The zero-order valence-electron chi connectivity index (χ0n) is 21.1. The predicted molar refractivity (Wildman–Crippen MR) is 140 cm³/mol. The maximum Gasteiger partial charge on any atom is 0.317 e. The Morgan fingerprint density at radius 1 is 0.972 bits per heavy atom. The first-order chi connectivity index (χ1) is 17.2. The summed E-state index contributed by atoms with van der Waals surface area (Å²) in [6.45, 7) is 10.6. The number of carbonyl (C=O) groups is 1. The van der Waals surface area contributed by atoms with Gasteiger partial charge in [0.15, 0.2) is 5.82 Å². The molecule has 9 heteroatoms. The molecule has 188 valence electrons. The van der Waals surface area contributed by atoms with Crippen LogP contribution in [0.5, 0.6) is 0 Å². The van der Waals surface area contributed by atoms with E-state index >= 15 is 0 Å². The highest BCUT2D eigenvalue weighted by atomic mass is 16.6. The molecule has 36 heavy (non-hydrogen) atoms.